The van der Waals surface area contributed by atoms with E-state index in [1.165, 1.54) is 0 Å². The lowest BCUT2D eigenvalue weighted by molar-refractivity contribution is -0.117. The number of carbonyl (C=O) groups excluding carboxylic acids is 2. The Morgan fingerprint density at radius 2 is 1.67 bits per heavy atom. The fourth-order valence-electron chi connectivity index (χ4n) is 2.56. The molecule has 140 valence electrons. The van der Waals surface area contributed by atoms with E-state index in [1.54, 1.807) is 31.4 Å². The van der Waals surface area contributed by atoms with E-state index in [1.807, 2.05) is 25.1 Å². The first kappa shape index (κ1) is 18.8. The maximum Gasteiger partial charge on any atom is 0.257 e. The monoisotopic (exact) mass is 383 g/mol. The molecule has 0 aromatic heterocycles. The molecule has 2 amide bonds. The minimum Gasteiger partial charge on any atom is -0.497 e. The second-order valence-corrected chi connectivity index (χ2v) is 6.79. The number of hydrogen-bond acceptors (Lipinski definition) is 4. The molecule has 1 fully saturated rings. The normalized spacial score (nSPS) is 12.8. The van der Waals surface area contributed by atoms with E-state index in [-0.39, 0.29) is 22.8 Å². The summed E-state index contributed by atoms with van der Waals surface area (Å²) in [4.78, 5) is 24.3. The first-order chi connectivity index (χ1) is 13.0. The lowest BCUT2D eigenvalue weighted by Crippen LogP contribution is -2.34. The van der Waals surface area contributed by atoms with Crippen molar-refractivity contribution in [1.82, 2.24) is 5.32 Å². The van der Waals surface area contributed by atoms with Crippen molar-refractivity contribution < 1.29 is 14.3 Å². The van der Waals surface area contributed by atoms with Crippen molar-refractivity contribution in [3.05, 3.63) is 53.6 Å². The van der Waals surface area contributed by atoms with Crippen molar-refractivity contribution in [1.29, 1.82) is 0 Å². The quantitative estimate of drug-likeness (QED) is 0.689. The minimum atomic E-state index is -0.314. The van der Waals surface area contributed by atoms with Crippen LogP contribution in [0.5, 0.6) is 5.75 Å². The lowest BCUT2D eigenvalue weighted by Gasteiger charge is -2.15. The van der Waals surface area contributed by atoms with Crippen LogP contribution in [-0.2, 0) is 4.79 Å². The zero-order valence-electron chi connectivity index (χ0n) is 15.2. The third-order valence-corrected chi connectivity index (χ3v) is 4.57. The van der Waals surface area contributed by atoms with Gasteiger partial charge < -0.3 is 15.4 Å². The maximum atomic E-state index is 12.3. The fourth-order valence-corrected chi connectivity index (χ4v) is 2.76. The highest BCUT2D eigenvalue weighted by molar-refractivity contribution is 7.80. The van der Waals surface area contributed by atoms with Crippen LogP contribution >= 0.6 is 12.2 Å². The Hall–Kier alpha value is -2.93. The fraction of sp³-hybridized carbons (Fsp3) is 0.250. The van der Waals surface area contributed by atoms with Crippen LogP contribution in [0.1, 0.15) is 28.8 Å². The Balaban J connectivity index is 1.62. The average Bonchev–Trinajstić information content (AvgIpc) is 3.50. The number of methoxy groups -OCH3 is 1. The van der Waals surface area contributed by atoms with Crippen molar-refractivity contribution in [2.45, 2.75) is 19.8 Å². The van der Waals surface area contributed by atoms with Crippen LogP contribution in [0.25, 0.3) is 0 Å². The third-order valence-electron chi connectivity index (χ3n) is 4.37. The summed E-state index contributed by atoms with van der Waals surface area (Å²) in [6.07, 6.45) is 1.90. The molecular formula is C20H21N3O3S. The standard InChI is InChI=1S/C20H21N3O3S/c1-12-16(21-18(24)13-6-7-13)4-3-5-17(12)22-20(27)23-19(25)14-8-10-15(26-2)11-9-14/h3-5,8-11,13H,6-7H2,1-2H3,(H,21,24)(H2,22,23,25,27). The number of hydrogen-bond donors (Lipinski definition) is 3. The molecule has 1 saturated carbocycles. The number of ether oxygens (including phenoxy) is 1. The van der Waals surface area contributed by atoms with Crippen LogP contribution in [0.3, 0.4) is 0 Å². The summed E-state index contributed by atoms with van der Waals surface area (Å²) >= 11 is 5.25. The van der Waals surface area contributed by atoms with Gasteiger partial charge >= 0.3 is 0 Å². The van der Waals surface area contributed by atoms with Gasteiger partial charge in [-0.15, -0.1) is 0 Å². The number of nitrogens with one attached hydrogen (secondary N) is 3. The molecule has 2 aromatic rings. The van der Waals surface area contributed by atoms with E-state index in [2.05, 4.69) is 16.0 Å². The molecule has 0 spiro atoms. The number of amides is 2. The second-order valence-electron chi connectivity index (χ2n) is 6.38. The molecule has 2 aromatic carbocycles. The Labute approximate surface area is 163 Å². The molecule has 0 bridgehead atoms. The minimum absolute atomic E-state index is 0.0469. The molecule has 0 radical (unpaired) electrons. The summed E-state index contributed by atoms with van der Waals surface area (Å²) in [5.74, 6) is 0.537. The largest absolute Gasteiger partial charge is 0.497 e. The Morgan fingerprint density at radius 3 is 2.26 bits per heavy atom. The van der Waals surface area contributed by atoms with E-state index >= 15 is 0 Å². The van der Waals surface area contributed by atoms with Crippen LogP contribution in [0.4, 0.5) is 11.4 Å². The van der Waals surface area contributed by atoms with Gasteiger partial charge in [-0.05, 0) is 73.9 Å². The van der Waals surface area contributed by atoms with E-state index in [0.29, 0.717) is 11.3 Å². The SMILES string of the molecule is COc1ccc(C(=O)NC(=S)Nc2cccc(NC(=O)C3CC3)c2C)cc1. The summed E-state index contributed by atoms with van der Waals surface area (Å²) in [5.41, 5.74) is 2.79. The molecular weight excluding hydrogens is 362 g/mol. The van der Waals surface area contributed by atoms with Crippen LogP contribution in [0, 0.1) is 12.8 Å². The Kier molecular flexibility index (Phi) is 5.71. The summed E-state index contributed by atoms with van der Waals surface area (Å²) in [6, 6.07) is 12.3. The molecule has 1 aliphatic rings. The molecule has 3 N–H and O–H groups in total. The van der Waals surface area contributed by atoms with Gasteiger partial charge in [-0.1, -0.05) is 6.07 Å². The smallest absolute Gasteiger partial charge is 0.257 e. The van der Waals surface area contributed by atoms with Gasteiger partial charge in [0.2, 0.25) is 5.91 Å². The van der Waals surface area contributed by atoms with Gasteiger partial charge in [-0.2, -0.15) is 0 Å². The highest BCUT2D eigenvalue weighted by Crippen LogP contribution is 2.31. The molecule has 0 atom stereocenters. The van der Waals surface area contributed by atoms with Crippen molar-refractivity contribution in [2.75, 3.05) is 17.7 Å². The average molecular weight is 383 g/mol. The van der Waals surface area contributed by atoms with Gasteiger partial charge in [0.05, 0.1) is 7.11 Å². The first-order valence-electron chi connectivity index (χ1n) is 8.65. The van der Waals surface area contributed by atoms with Crippen molar-refractivity contribution >= 4 is 40.5 Å². The van der Waals surface area contributed by atoms with E-state index in [4.69, 9.17) is 17.0 Å². The highest BCUT2D eigenvalue weighted by atomic mass is 32.1. The summed E-state index contributed by atoms with van der Waals surface area (Å²) in [6.45, 7) is 1.89. The van der Waals surface area contributed by atoms with Crippen LogP contribution in [0.15, 0.2) is 42.5 Å². The predicted octanol–water partition coefficient (Wildman–Crippen LogP) is 3.48. The number of thiocarbonyl (C=S) groups is 1. The summed E-state index contributed by atoms with van der Waals surface area (Å²) in [5, 5.41) is 8.79. The Morgan fingerprint density at radius 1 is 1.04 bits per heavy atom. The molecule has 6 nitrogen and oxygen atoms in total. The topological polar surface area (TPSA) is 79.5 Å². The number of carbonyl (C=O) groups is 2. The molecule has 27 heavy (non-hydrogen) atoms. The molecule has 3 rings (SSSR count). The molecule has 0 aliphatic heterocycles. The number of rotatable bonds is 5. The van der Waals surface area contributed by atoms with Crippen LogP contribution < -0.4 is 20.7 Å². The Bertz CT molecular complexity index is 877. The summed E-state index contributed by atoms with van der Waals surface area (Å²) < 4.78 is 5.08. The van der Waals surface area contributed by atoms with E-state index < -0.39 is 0 Å². The highest BCUT2D eigenvalue weighted by Gasteiger charge is 2.29. The van der Waals surface area contributed by atoms with Gasteiger partial charge in [0, 0.05) is 22.9 Å². The third kappa shape index (κ3) is 4.83. The van der Waals surface area contributed by atoms with Gasteiger partial charge in [0.1, 0.15) is 5.75 Å². The van der Waals surface area contributed by atoms with Crippen molar-refractivity contribution in [3.8, 4) is 5.75 Å². The zero-order valence-corrected chi connectivity index (χ0v) is 16.0. The maximum absolute atomic E-state index is 12.3. The van der Waals surface area contributed by atoms with Gasteiger partial charge in [0.25, 0.3) is 5.91 Å². The molecule has 0 saturated heterocycles. The van der Waals surface area contributed by atoms with Crippen molar-refractivity contribution in [2.24, 2.45) is 5.92 Å². The molecule has 1 aliphatic carbocycles. The summed E-state index contributed by atoms with van der Waals surface area (Å²) in [7, 11) is 1.57. The lowest BCUT2D eigenvalue weighted by atomic mass is 10.1. The van der Waals surface area contributed by atoms with Crippen LogP contribution in [-0.4, -0.2) is 24.0 Å². The predicted molar refractivity (Wildman–Crippen MR) is 109 cm³/mol. The van der Waals surface area contributed by atoms with Gasteiger partial charge in [0.15, 0.2) is 5.11 Å². The second kappa shape index (κ2) is 8.18. The van der Waals surface area contributed by atoms with Gasteiger partial charge in [-0.25, -0.2) is 0 Å². The van der Waals surface area contributed by atoms with Crippen LogP contribution in [0.2, 0.25) is 0 Å². The van der Waals surface area contributed by atoms with E-state index in [0.717, 1.165) is 29.8 Å². The molecule has 0 unspecified atom stereocenters. The number of anilines is 2. The van der Waals surface area contributed by atoms with E-state index in [9.17, 15) is 9.59 Å². The zero-order chi connectivity index (χ0) is 19.4. The first-order valence-corrected chi connectivity index (χ1v) is 9.05. The van der Waals surface area contributed by atoms with Gasteiger partial charge in [-0.3, -0.25) is 14.9 Å². The molecule has 0 heterocycles. The number of benzene rings is 2. The van der Waals surface area contributed by atoms with Crippen molar-refractivity contribution in [3.63, 3.8) is 0 Å². The molecule has 7 heteroatoms.